The van der Waals surface area contributed by atoms with Crippen molar-refractivity contribution in [3.8, 4) is 11.3 Å². The molecule has 2 fully saturated rings. The summed E-state index contributed by atoms with van der Waals surface area (Å²) in [4.78, 5) is 20.5. The van der Waals surface area contributed by atoms with Crippen molar-refractivity contribution in [3.05, 3.63) is 33.5 Å². The van der Waals surface area contributed by atoms with Crippen LogP contribution in [0.2, 0.25) is 5.15 Å². The smallest absolute Gasteiger partial charge is 0.266 e. The molecule has 2 saturated heterocycles. The van der Waals surface area contributed by atoms with Gasteiger partial charge in [-0.05, 0) is 38.4 Å². The maximum Gasteiger partial charge on any atom is 0.266 e. The second-order valence-electron chi connectivity index (χ2n) is 8.64. The normalized spacial score (nSPS) is 22.7. The van der Waals surface area contributed by atoms with Gasteiger partial charge in [-0.25, -0.2) is 4.39 Å². The molecule has 0 radical (unpaired) electrons. The van der Waals surface area contributed by atoms with Gasteiger partial charge in [-0.1, -0.05) is 11.6 Å². The molecule has 11 heteroatoms. The summed E-state index contributed by atoms with van der Waals surface area (Å²) in [6.07, 6.45) is 3.18. The number of fused-ring (bicyclic) bond motifs is 4. The Labute approximate surface area is 187 Å². The average Bonchev–Trinajstić information content (AvgIpc) is 3.53. The lowest BCUT2D eigenvalue weighted by Gasteiger charge is -2.26. The van der Waals surface area contributed by atoms with Crippen molar-refractivity contribution in [2.75, 3.05) is 11.9 Å². The highest BCUT2D eigenvalue weighted by atomic mass is 35.5. The van der Waals surface area contributed by atoms with Gasteiger partial charge in [0.1, 0.15) is 22.1 Å². The van der Waals surface area contributed by atoms with Crippen LogP contribution in [-0.4, -0.2) is 54.7 Å². The summed E-state index contributed by atoms with van der Waals surface area (Å²) in [6, 6.07) is 4.27. The first-order chi connectivity index (χ1) is 15.4. The minimum Gasteiger partial charge on any atom is -0.335 e. The molecule has 2 N–H and O–H groups in total. The number of H-pyrrole nitrogens is 1. The fourth-order valence-corrected chi connectivity index (χ4v) is 5.70. The van der Waals surface area contributed by atoms with E-state index in [2.05, 4.69) is 25.5 Å². The van der Waals surface area contributed by atoms with E-state index >= 15 is 4.39 Å². The van der Waals surface area contributed by atoms with Gasteiger partial charge in [-0.3, -0.25) is 19.1 Å². The molecule has 6 rings (SSSR count). The van der Waals surface area contributed by atoms with E-state index in [-0.39, 0.29) is 32.7 Å². The lowest BCUT2D eigenvalue weighted by atomic mass is 9.96. The summed E-state index contributed by atoms with van der Waals surface area (Å²) in [7, 11) is 5.33. The molecule has 2 unspecified atom stereocenters. The zero-order valence-electron chi connectivity index (χ0n) is 17.9. The van der Waals surface area contributed by atoms with Crippen LogP contribution in [-0.2, 0) is 14.1 Å². The number of halogens is 2. The Bertz CT molecular complexity index is 1460. The number of benzene rings is 1. The maximum absolute atomic E-state index is 15.4. The number of aromatic nitrogens is 6. The van der Waals surface area contributed by atoms with Crippen molar-refractivity contribution in [2.24, 2.45) is 14.1 Å². The molecule has 9 nitrogen and oxygen atoms in total. The van der Waals surface area contributed by atoms with E-state index in [4.69, 9.17) is 16.6 Å². The van der Waals surface area contributed by atoms with Crippen molar-refractivity contribution in [1.29, 1.82) is 0 Å². The lowest BCUT2D eigenvalue weighted by Crippen LogP contribution is -2.41. The van der Waals surface area contributed by atoms with Crippen LogP contribution in [0, 0.1) is 5.82 Å². The van der Waals surface area contributed by atoms with Crippen LogP contribution in [0.4, 0.5) is 10.3 Å². The van der Waals surface area contributed by atoms with Crippen molar-refractivity contribution in [1.82, 2.24) is 34.8 Å². The maximum atomic E-state index is 15.4. The number of anilines is 1. The van der Waals surface area contributed by atoms with Crippen molar-refractivity contribution in [2.45, 2.75) is 37.4 Å². The number of aryl methyl sites for hydroxylation is 1. The van der Waals surface area contributed by atoms with Crippen LogP contribution < -0.4 is 15.8 Å². The van der Waals surface area contributed by atoms with Crippen LogP contribution >= 0.6 is 11.6 Å². The third-order valence-electron chi connectivity index (χ3n) is 7.04. The Kier molecular flexibility index (Phi) is 4.16. The van der Waals surface area contributed by atoms with E-state index in [1.807, 2.05) is 7.05 Å². The molecule has 2 bridgehead atoms. The minimum atomic E-state index is -0.561. The molecule has 1 aromatic carbocycles. The van der Waals surface area contributed by atoms with E-state index in [1.165, 1.54) is 4.68 Å². The zero-order valence-corrected chi connectivity index (χ0v) is 18.6. The largest absolute Gasteiger partial charge is 0.335 e. The van der Waals surface area contributed by atoms with Crippen LogP contribution in [0.3, 0.4) is 0 Å². The highest BCUT2D eigenvalue weighted by Crippen LogP contribution is 2.40. The number of likely N-dealkylation sites (N-methyl/N-ethyl adjacent to an activating group) is 1. The fraction of sp³-hybridized carbons (Fsp3) is 0.429. The Morgan fingerprint density at radius 2 is 2.06 bits per heavy atom. The summed E-state index contributed by atoms with van der Waals surface area (Å²) in [6.45, 7) is 0. The number of hydrogen-bond acceptors (Lipinski definition) is 6. The SMILES string of the molecule is CN[C@@H]1CC2CCC1N2c1nc2[nH]nc(-c3ccc4nn(C)c(Cl)c4c3F)c2c(=O)n1C. The van der Waals surface area contributed by atoms with Crippen LogP contribution in [0.5, 0.6) is 0 Å². The molecular formula is C21H22ClFN8O. The predicted molar refractivity (Wildman–Crippen MR) is 121 cm³/mol. The van der Waals surface area contributed by atoms with E-state index < -0.39 is 5.82 Å². The van der Waals surface area contributed by atoms with Gasteiger partial charge in [-0.15, -0.1) is 0 Å². The number of rotatable bonds is 3. The van der Waals surface area contributed by atoms with Gasteiger partial charge in [-0.2, -0.15) is 15.2 Å². The molecule has 4 aromatic rings. The predicted octanol–water partition coefficient (Wildman–Crippen LogP) is 2.33. The highest BCUT2D eigenvalue weighted by molar-refractivity contribution is 6.34. The number of nitrogens with one attached hydrogen (secondary N) is 2. The second-order valence-corrected chi connectivity index (χ2v) is 9.00. The summed E-state index contributed by atoms with van der Waals surface area (Å²) in [5, 5.41) is 15.4. The van der Waals surface area contributed by atoms with Crippen LogP contribution in [0.25, 0.3) is 33.2 Å². The summed E-state index contributed by atoms with van der Waals surface area (Å²) < 4.78 is 18.4. The summed E-state index contributed by atoms with van der Waals surface area (Å²) in [5.74, 6) is 0.0590. The Balaban J connectivity index is 1.53. The third kappa shape index (κ3) is 2.47. The molecule has 166 valence electrons. The quantitative estimate of drug-likeness (QED) is 0.491. The Morgan fingerprint density at radius 1 is 1.25 bits per heavy atom. The molecule has 3 atom stereocenters. The van der Waals surface area contributed by atoms with Gasteiger partial charge in [0, 0.05) is 37.8 Å². The molecule has 0 saturated carbocycles. The molecule has 5 heterocycles. The fourth-order valence-electron chi connectivity index (χ4n) is 5.48. The summed E-state index contributed by atoms with van der Waals surface area (Å²) in [5.41, 5.74) is 0.925. The van der Waals surface area contributed by atoms with Gasteiger partial charge in [0.15, 0.2) is 5.65 Å². The molecule has 3 aromatic heterocycles. The van der Waals surface area contributed by atoms with Gasteiger partial charge in [0.25, 0.3) is 5.56 Å². The first kappa shape index (κ1) is 19.7. The van der Waals surface area contributed by atoms with Crippen molar-refractivity contribution < 1.29 is 4.39 Å². The number of nitrogens with zero attached hydrogens (tertiary/aromatic N) is 6. The minimum absolute atomic E-state index is 0.182. The second kappa shape index (κ2) is 6.76. The molecule has 0 spiro atoms. The number of hydrogen-bond donors (Lipinski definition) is 2. The molecule has 0 amide bonds. The molecule has 0 aliphatic carbocycles. The van der Waals surface area contributed by atoms with Crippen LogP contribution in [0.1, 0.15) is 19.3 Å². The first-order valence-electron chi connectivity index (χ1n) is 10.6. The monoisotopic (exact) mass is 456 g/mol. The standard InChI is InChI=1S/C21H22ClFN8O/c1-24-12-8-9-4-7-13(12)31(9)21-25-19-15(20(32)29(21)2)17(26-27-19)10-5-6-11-14(16(10)23)18(22)30(3)28-11/h5-6,9,12-13,24H,4,7-8H2,1-3H3,(H,26,27)/t9?,12-,13?/m1/s1. The van der Waals surface area contributed by atoms with E-state index in [1.54, 1.807) is 30.8 Å². The van der Waals surface area contributed by atoms with E-state index in [0.717, 1.165) is 19.3 Å². The first-order valence-corrected chi connectivity index (χ1v) is 11.0. The van der Waals surface area contributed by atoms with Crippen LogP contribution in [0.15, 0.2) is 16.9 Å². The molecule has 32 heavy (non-hydrogen) atoms. The molecular weight excluding hydrogens is 435 g/mol. The van der Waals surface area contributed by atoms with Gasteiger partial charge in [0.05, 0.1) is 10.9 Å². The summed E-state index contributed by atoms with van der Waals surface area (Å²) >= 11 is 6.25. The topological polar surface area (TPSA) is 96.7 Å². The Hall–Kier alpha value is -2.98. The average molecular weight is 457 g/mol. The molecule has 2 aliphatic heterocycles. The van der Waals surface area contributed by atoms with E-state index in [9.17, 15) is 4.79 Å². The Morgan fingerprint density at radius 3 is 2.81 bits per heavy atom. The number of aromatic amines is 1. The van der Waals surface area contributed by atoms with Gasteiger partial charge in [0.2, 0.25) is 5.95 Å². The van der Waals surface area contributed by atoms with Crippen molar-refractivity contribution in [3.63, 3.8) is 0 Å². The highest BCUT2D eigenvalue weighted by Gasteiger charge is 2.47. The van der Waals surface area contributed by atoms with Gasteiger partial charge < -0.3 is 10.2 Å². The van der Waals surface area contributed by atoms with E-state index in [0.29, 0.717) is 35.2 Å². The molecule has 2 aliphatic rings. The lowest BCUT2D eigenvalue weighted by molar-refractivity contribution is 0.445. The zero-order chi connectivity index (χ0) is 22.3. The van der Waals surface area contributed by atoms with Crippen molar-refractivity contribution >= 4 is 39.5 Å². The third-order valence-corrected chi connectivity index (χ3v) is 7.47. The van der Waals surface area contributed by atoms with Gasteiger partial charge >= 0.3 is 0 Å².